The summed E-state index contributed by atoms with van der Waals surface area (Å²) in [6, 6.07) is 7.32. The van der Waals surface area contributed by atoms with E-state index in [2.05, 4.69) is 22.5 Å². The van der Waals surface area contributed by atoms with Crippen LogP contribution in [0.2, 0.25) is 0 Å². The fraction of sp³-hybridized carbons (Fsp3) is 0.278. The number of carbonyl (C=O) groups is 2. The Labute approximate surface area is 140 Å². The van der Waals surface area contributed by atoms with Crippen LogP contribution in [0.15, 0.2) is 42.7 Å². The zero-order valence-corrected chi connectivity index (χ0v) is 13.5. The van der Waals surface area contributed by atoms with Gasteiger partial charge in [-0.2, -0.15) is 0 Å². The maximum absolute atomic E-state index is 13.6. The van der Waals surface area contributed by atoms with Crippen LogP contribution in [0, 0.1) is 5.82 Å². The van der Waals surface area contributed by atoms with Crippen LogP contribution >= 0.6 is 0 Å². The molecule has 0 atom stereocenters. The van der Waals surface area contributed by atoms with Gasteiger partial charge in [-0.1, -0.05) is 31.9 Å². The zero-order valence-electron chi connectivity index (χ0n) is 13.5. The molecule has 126 valence electrons. The summed E-state index contributed by atoms with van der Waals surface area (Å²) in [4.78, 5) is 28.2. The quantitative estimate of drug-likeness (QED) is 0.765. The van der Waals surface area contributed by atoms with Crippen molar-refractivity contribution in [2.24, 2.45) is 0 Å². The Kier molecular flexibility index (Phi) is 6.42. The number of nitrogens with one attached hydrogen (secondary N) is 2. The first-order chi connectivity index (χ1) is 11.6. The number of anilines is 1. The molecule has 0 fully saturated rings. The first kappa shape index (κ1) is 17.6. The minimum Gasteiger partial charge on any atom is -0.352 e. The van der Waals surface area contributed by atoms with Crippen molar-refractivity contribution in [2.45, 2.75) is 26.2 Å². The van der Waals surface area contributed by atoms with E-state index in [0.717, 1.165) is 19.3 Å². The average molecular weight is 329 g/mol. The third kappa shape index (κ3) is 4.87. The summed E-state index contributed by atoms with van der Waals surface area (Å²) in [5.74, 6) is -1.32. The molecule has 1 aromatic heterocycles. The van der Waals surface area contributed by atoms with Crippen LogP contribution in [0.25, 0.3) is 0 Å². The molecule has 1 aromatic carbocycles. The van der Waals surface area contributed by atoms with Crippen molar-refractivity contribution in [1.82, 2.24) is 10.3 Å². The van der Waals surface area contributed by atoms with Gasteiger partial charge in [0.25, 0.3) is 11.8 Å². The lowest BCUT2D eigenvalue weighted by atomic mass is 10.1. The van der Waals surface area contributed by atoms with Crippen LogP contribution < -0.4 is 10.6 Å². The lowest BCUT2D eigenvalue weighted by molar-refractivity contribution is 0.0952. The normalized spacial score (nSPS) is 10.2. The molecule has 0 radical (unpaired) electrons. The van der Waals surface area contributed by atoms with Gasteiger partial charge in [-0.15, -0.1) is 0 Å². The Bertz CT molecular complexity index is 719. The number of pyridine rings is 1. The predicted octanol–water partition coefficient (Wildman–Crippen LogP) is 3.39. The van der Waals surface area contributed by atoms with Crippen LogP contribution in [0.1, 0.15) is 46.9 Å². The number of unbranched alkanes of at least 4 members (excludes halogenated alkanes) is 2. The van der Waals surface area contributed by atoms with Gasteiger partial charge in [-0.25, -0.2) is 4.39 Å². The molecule has 0 unspecified atom stereocenters. The molecular weight excluding hydrogens is 309 g/mol. The van der Waals surface area contributed by atoms with Crippen LogP contribution in [0.4, 0.5) is 10.1 Å². The molecule has 0 aliphatic carbocycles. The Hall–Kier alpha value is -2.76. The van der Waals surface area contributed by atoms with Crippen molar-refractivity contribution >= 4 is 17.5 Å². The Morgan fingerprint density at radius 2 is 1.79 bits per heavy atom. The topological polar surface area (TPSA) is 71.1 Å². The van der Waals surface area contributed by atoms with Gasteiger partial charge in [-0.3, -0.25) is 14.6 Å². The molecule has 2 aromatic rings. The first-order valence-corrected chi connectivity index (χ1v) is 7.91. The molecule has 2 N–H and O–H groups in total. The Balaban J connectivity index is 2.02. The van der Waals surface area contributed by atoms with E-state index in [0.29, 0.717) is 12.1 Å². The van der Waals surface area contributed by atoms with Gasteiger partial charge in [0.15, 0.2) is 0 Å². The second-order valence-electron chi connectivity index (χ2n) is 5.36. The van der Waals surface area contributed by atoms with Gasteiger partial charge in [0.2, 0.25) is 0 Å². The monoisotopic (exact) mass is 329 g/mol. The largest absolute Gasteiger partial charge is 0.352 e. The summed E-state index contributed by atoms with van der Waals surface area (Å²) in [6.45, 7) is 2.67. The van der Waals surface area contributed by atoms with Crippen molar-refractivity contribution in [3.05, 3.63) is 59.7 Å². The molecule has 0 bridgehead atoms. The SMILES string of the molecule is CCCCCNC(=O)c1cncc(C(=O)Nc2ccccc2F)c1. The fourth-order valence-corrected chi connectivity index (χ4v) is 2.12. The minimum absolute atomic E-state index is 0.0805. The molecule has 5 nitrogen and oxygen atoms in total. The Morgan fingerprint density at radius 3 is 2.50 bits per heavy atom. The van der Waals surface area contributed by atoms with Crippen molar-refractivity contribution in [3.63, 3.8) is 0 Å². The maximum Gasteiger partial charge on any atom is 0.257 e. The molecule has 1 heterocycles. The third-order valence-electron chi connectivity index (χ3n) is 3.45. The Morgan fingerprint density at radius 1 is 1.08 bits per heavy atom. The van der Waals surface area contributed by atoms with E-state index < -0.39 is 11.7 Å². The molecule has 0 spiro atoms. The maximum atomic E-state index is 13.6. The lowest BCUT2D eigenvalue weighted by Crippen LogP contribution is -2.25. The van der Waals surface area contributed by atoms with Crippen molar-refractivity contribution < 1.29 is 14.0 Å². The molecule has 0 saturated carbocycles. The van der Waals surface area contributed by atoms with Gasteiger partial charge in [0.05, 0.1) is 16.8 Å². The number of hydrogen-bond donors (Lipinski definition) is 2. The van der Waals surface area contributed by atoms with Crippen molar-refractivity contribution in [2.75, 3.05) is 11.9 Å². The number of para-hydroxylation sites is 1. The summed E-state index contributed by atoms with van der Waals surface area (Å²) in [5.41, 5.74) is 0.573. The molecule has 0 saturated heterocycles. The van der Waals surface area contributed by atoms with E-state index >= 15 is 0 Å². The number of hydrogen-bond acceptors (Lipinski definition) is 3. The summed E-state index contributed by atoms with van der Waals surface area (Å²) < 4.78 is 13.6. The van der Waals surface area contributed by atoms with Gasteiger partial charge in [0, 0.05) is 18.9 Å². The second kappa shape index (κ2) is 8.76. The predicted molar refractivity (Wildman–Crippen MR) is 90.4 cm³/mol. The van der Waals surface area contributed by atoms with Crippen LogP contribution in [-0.4, -0.2) is 23.3 Å². The van der Waals surface area contributed by atoms with E-state index in [1.807, 2.05) is 0 Å². The smallest absolute Gasteiger partial charge is 0.257 e. The average Bonchev–Trinajstić information content (AvgIpc) is 2.60. The molecule has 24 heavy (non-hydrogen) atoms. The van der Waals surface area contributed by atoms with Gasteiger partial charge in [-0.05, 0) is 24.6 Å². The number of nitrogens with zero attached hydrogens (tertiary/aromatic N) is 1. The number of carbonyl (C=O) groups excluding carboxylic acids is 2. The molecule has 0 aliphatic rings. The molecule has 6 heteroatoms. The zero-order chi connectivity index (χ0) is 17.4. The number of rotatable bonds is 7. The van der Waals surface area contributed by atoms with Crippen LogP contribution in [0.3, 0.4) is 0 Å². The number of benzene rings is 1. The molecular formula is C18H20FN3O2. The van der Waals surface area contributed by atoms with Gasteiger partial charge in [0.1, 0.15) is 5.82 Å². The molecule has 2 amide bonds. The summed E-state index contributed by atoms with van der Waals surface area (Å²) >= 11 is 0. The van der Waals surface area contributed by atoms with Gasteiger partial charge >= 0.3 is 0 Å². The summed E-state index contributed by atoms with van der Waals surface area (Å²) in [5, 5.41) is 5.25. The van der Waals surface area contributed by atoms with E-state index in [4.69, 9.17) is 0 Å². The van der Waals surface area contributed by atoms with Crippen molar-refractivity contribution in [1.29, 1.82) is 0 Å². The lowest BCUT2D eigenvalue weighted by Gasteiger charge is -2.08. The van der Waals surface area contributed by atoms with Gasteiger partial charge < -0.3 is 10.6 Å². The van der Waals surface area contributed by atoms with E-state index in [1.165, 1.54) is 36.7 Å². The van der Waals surface area contributed by atoms with Crippen LogP contribution in [0.5, 0.6) is 0 Å². The fourth-order valence-electron chi connectivity index (χ4n) is 2.12. The molecule has 0 aliphatic heterocycles. The van der Waals surface area contributed by atoms with E-state index in [-0.39, 0.29) is 17.2 Å². The highest BCUT2D eigenvalue weighted by molar-refractivity contribution is 6.05. The molecule has 2 rings (SSSR count). The summed E-state index contributed by atoms with van der Waals surface area (Å²) in [6.07, 6.45) is 5.76. The van der Waals surface area contributed by atoms with Crippen LogP contribution in [-0.2, 0) is 0 Å². The highest BCUT2D eigenvalue weighted by Gasteiger charge is 2.12. The number of halogens is 1. The minimum atomic E-state index is -0.524. The van der Waals surface area contributed by atoms with E-state index in [9.17, 15) is 14.0 Å². The highest BCUT2D eigenvalue weighted by Crippen LogP contribution is 2.14. The second-order valence-corrected chi connectivity index (χ2v) is 5.36. The summed E-state index contributed by atoms with van der Waals surface area (Å²) in [7, 11) is 0. The highest BCUT2D eigenvalue weighted by atomic mass is 19.1. The third-order valence-corrected chi connectivity index (χ3v) is 3.45. The van der Waals surface area contributed by atoms with Crippen molar-refractivity contribution in [3.8, 4) is 0 Å². The first-order valence-electron chi connectivity index (χ1n) is 7.91. The van der Waals surface area contributed by atoms with E-state index in [1.54, 1.807) is 6.07 Å². The number of amides is 2. The standard InChI is InChI=1S/C18H20FN3O2/c1-2-3-6-9-21-17(23)13-10-14(12-20-11-13)18(24)22-16-8-5-4-7-15(16)19/h4-5,7-8,10-12H,2-3,6,9H2,1H3,(H,21,23)(H,22,24). The number of aromatic nitrogens is 1.